The summed E-state index contributed by atoms with van der Waals surface area (Å²) >= 11 is 5.95. The van der Waals surface area contributed by atoms with Gasteiger partial charge in [-0.25, -0.2) is 4.39 Å². The van der Waals surface area contributed by atoms with Gasteiger partial charge in [0, 0.05) is 39.3 Å². The third-order valence-corrected chi connectivity index (χ3v) is 4.56. The lowest BCUT2D eigenvalue weighted by molar-refractivity contribution is -0.146. The van der Waals surface area contributed by atoms with Crippen LogP contribution in [0, 0.1) is 5.82 Å². The van der Waals surface area contributed by atoms with E-state index in [1.807, 2.05) is 0 Å². The zero-order valence-corrected chi connectivity index (χ0v) is 15.1. The highest BCUT2D eigenvalue weighted by atomic mass is 35.5. The lowest BCUT2D eigenvalue weighted by Gasteiger charge is -2.37. The van der Waals surface area contributed by atoms with Gasteiger partial charge in [0.1, 0.15) is 11.9 Å². The summed E-state index contributed by atoms with van der Waals surface area (Å²) in [6.45, 7) is 3.52. The first-order valence-electron chi connectivity index (χ1n) is 7.91. The summed E-state index contributed by atoms with van der Waals surface area (Å²) in [6.07, 6.45) is -0.451. The first-order valence-corrected chi connectivity index (χ1v) is 8.29. The molecule has 2 heterocycles. The maximum atomic E-state index is 13.1. The summed E-state index contributed by atoms with van der Waals surface area (Å²) in [5, 5.41) is 3.23. The lowest BCUT2D eigenvalue weighted by atomic mass is 10.1. The van der Waals surface area contributed by atoms with Crippen LogP contribution in [0.3, 0.4) is 0 Å². The number of hydrogen-bond acceptors (Lipinski definition) is 4. The summed E-state index contributed by atoms with van der Waals surface area (Å²) in [4.78, 5) is 28.2. The number of carbonyl (C=O) groups is 2. The largest absolute Gasteiger partial charge is 0.366 e. The van der Waals surface area contributed by atoms with E-state index < -0.39 is 11.9 Å². The quantitative estimate of drug-likeness (QED) is 0.821. The number of halogens is 3. The first kappa shape index (κ1) is 19.9. The van der Waals surface area contributed by atoms with Crippen LogP contribution in [0.2, 0.25) is 5.02 Å². The van der Waals surface area contributed by atoms with E-state index >= 15 is 0 Å². The Kier molecular flexibility index (Phi) is 7.01. The third-order valence-electron chi connectivity index (χ3n) is 4.24. The van der Waals surface area contributed by atoms with Crippen LogP contribution in [-0.4, -0.2) is 73.6 Å². The maximum absolute atomic E-state index is 13.1. The molecule has 1 aromatic rings. The average Bonchev–Trinajstić information content (AvgIpc) is 2.61. The summed E-state index contributed by atoms with van der Waals surface area (Å²) in [6, 6.07) is 3.73. The second kappa shape index (κ2) is 8.80. The van der Waals surface area contributed by atoms with Crippen LogP contribution >= 0.6 is 24.0 Å². The van der Waals surface area contributed by atoms with E-state index in [9.17, 15) is 14.0 Å². The monoisotopic (exact) mass is 391 g/mol. The van der Waals surface area contributed by atoms with Crippen molar-refractivity contribution < 1.29 is 18.7 Å². The molecule has 0 aromatic heterocycles. The number of piperazine rings is 1. The number of nitrogens with zero attached hydrogens (tertiary/aromatic N) is 2. The van der Waals surface area contributed by atoms with Crippen molar-refractivity contribution in [2.24, 2.45) is 0 Å². The topological polar surface area (TPSA) is 61.9 Å². The van der Waals surface area contributed by atoms with E-state index in [0.29, 0.717) is 39.3 Å². The van der Waals surface area contributed by atoms with E-state index in [-0.39, 0.29) is 34.8 Å². The minimum atomic E-state index is -0.479. The van der Waals surface area contributed by atoms with E-state index in [0.717, 1.165) is 12.6 Å². The van der Waals surface area contributed by atoms with Gasteiger partial charge in [0.2, 0.25) is 0 Å². The number of amides is 2. The Morgan fingerprint density at radius 2 is 1.88 bits per heavy atom. The number of rotatable bonds is 2. The molecule has 2 saturated heterocycles. The van der Waals surface area contributed by atoms with Crippen LogP contribution in [0.1, 0.15) is 10.4 Å². The maximum Gasteiger partial charge on any atom is 0.255 e. The van der Waals surface area contributed by atoms with Crippen LogP contribution in [0.25, 0.3) is 0 Å². The minimum Gasteiger partial charge on any atom is -0.366 e. The zero-order chi connectivity index (χ0) is 17.1. The second-order valence-corrected chi connectivity index (χ2v) is 6.21. The van der Waals surface area contributed by atoms with Crippen molar-refractivity contribution in [2.75, 3.05) is 45.9 Å². The summed E-state index contributed by atoms with van der Waals surface area (Å²) in [5.41, 5.74) is 0.276. The van der Waals surface area contributed by atoms with Crippen LogP contribution in [0.5, 0.6) is 0 Å². The normalized spacial score (nSPS) is 20.8. The molecule has 3 rings (SSSR count). The molecule has 25 heavy (non-hydrogen) atoms. The van der Waals surface area contributed by atoms with E-state index in [4.69, 9.17) is 16.3 Å². The van der Waals surface area contributed by atoms with Gasteiger partial charge in [0.05, 0.1) is 17.2 Å². The standard InChI is InChI=1S/C16H19ClFN3O3.ClH/c17-13-9-11(18)1-2-12(13)15(22)20-4-6-21(7-5-20)16(23)14-10-19-3-8-24-14;/h1-2,9,14,19H,3-8,10H2;1H. The molecule has 1 aromatic carbocycles. The van der Waals surface area contributed by atoms with Crippen LogP contribution in [-0.2, 0) is 9.53 Å². The fourth-order valence-electron chi connectivity index (χ4n) is 2.89. The number of hydrogen-bond donors (Lipinski definition) is 1. The third kappa shape index (κ3) is 4.61. The van der Waals surface area contributed by atoms with Crippen LogP contribution in [0.4, 0.5) is 4.39 Å². The van der Waals surface area contributed by atoms with Gasteiger partial charge >= 0.3 is 0 Å². The van der Waals surface area contributed by atoms with Crippen molar-refractivity contribution in [1.29, 1.82) is 0 Å². The minimum absolute atomic E-state index is 0. The van der Waals surface area contributed by atoms with Crippen molar-refractivity contribution in [1.82, 2.24) is 15.1 Å². The molecule has 2 amide bonds. The second-order valence-electron chi connectivity index (χ2n) is 5.81. The molecule has 2 fully saturated rings. The highest BCUT2D eigenvalue weighted by Gasteiger charge is 2.31. The summed E-state index contributed by atoms with van der Waals surface area (Å²) in [5.74, 6) is -0.773. The molecule has 6 nitrogen and oxygen atoms in total. The average molecular weight is 392 g/mol. The molecule has 0 bridgehead atoms. The van der Waals surface area contributed by atoms with E-state index in [1.165, 1.54) is 12.1 Å². The Labute approximate surface area is 156 Å². The van der Waals surface area contributed by atoms with E-state index in [1.54, 1.807) is 9.80 Å². The predicted octanol–water partition coefficient (Wildman–Crippen LogP) is 1.17. The number of carbonyl (C=O) groups excluding carboxylic acids is 2. The number of ether oxygens (including phenoxy) is 1. The van der Waals surface area contributed by atoms with Gasteiger partial charge in [-0.1, -0.05) is 11.6 Å². The molecule has 2 aliphatic rings. The number of nitrogens with one attached hydrogen (secondary N) is 1. The van der Waals surface area contributed by atoms with Gasteiger partial charge in [-0.2, -0.15) is 0 Å². The first-order chi connectivity index (χ1) is 11.6. The molecule has 9 heteroatoms. The molecule has 1 unspecified atom stereocenters. The van der Waals surface area contributed by atoms with E-state index in [2.05, 4.69) is 5.32 Å². The Balaban J connectivity index is 0.00000225. The smallest absolute Gasteiger partial charge is 0.255 e. The molecule has 0 aliphatic carbocycles. The zero-order valence-electron chi connectivity index (χ0n) is 13.5. The van der Waals surface area contributed by atoms with Crippen molar-refractivity contribution in [2.45, 2.75) is 6.10 Å². The molecule has 0 radical (unpaired) electrons. The summed E-state index contributed by atoms with van der Waals surface area (Å²) < 4.78 is 18.6. The Bertz CT molecular complexity index is 633. The van der Waals surface area contributed by atoms with Crippen molar-refractivity contribution in [3.63, 3.8) is 0 Å². The molecule has 1 atom stereocenters. The lowest BCUT2D eigenvalue weighted by Crippen LogP contribution is -2.56. The van der Waals surface area contributed by atoms with Gasteiger partial charge in [0.15, 0.2) is 0 Å². The van der Waals surface area contributed by atoms with Crippen molar-refractivity contribution >= 4 is 35.8 Å². The number of morpholine rings is 1. The predicted molar refractivity (Wildman–Crippen MR) is 93.8 cm³/mol. The van der Waals surface area contributed by atoms with Crippen LogP contribution in [0.15, 0.2) is 18.2 Å². The Morgan fingerprint density at radius 1 is 1.20 bits per heavy atom. The SMILES string of the molecule is Cl.O=C(c1ccc(F)cc1Cl)N1CCN(C(=O)C2CNCCO2)CC1. The molecule has 1 N–H and O–H groups in total. The van der Waals surface area contributed by atoms with Crippen molar-refractivity contribution in [3.8, 4) is 0 Å². The Morgan fingerprint density at radius 3 is 2.48 bits per heavy atom. The van der Waals surface area contributed by atoms with Gasteiger partial charge < -0.3 is 19.9 Å². The highest BCUT2D eigenvalue weighted by Crippen LogP contribution is 2.20. The van der Waals surface area contributed by atoms with Gasteiger partial charge in [-0.05, 0) is 18.2 Å². The van der Waals surface area contributed by atoms with Gasteiger partial charge in [0.25, 0.3) is 11.8 Å². The highest BCUT2D eigenvalue weighted by molar-refractivity contribution is 6.33. The van der Waals surface area contributed by atoms with Crippen molar-refractivity contribution in [3.05, 3.63) is 34.6 Å². The molecular formula is C16H20Cl2FN3O3. The fraction of sp³-hybridized carbons (Fsp3) is 0.500. The molecule has 0 spiro atoms. The fourth-order valence-corrected chi connectivity index (χ4v) is 3.14. The number of benzene rings is 1. The molecule has 2 aliphatic heterocycles. The molecule has 138 valence electrons. The molecule has 0 saturated carbocycles. The van der Waals surface area contributed by atoms with Crippen LogP contribution < -0.4 is 5.32 Å². The molecular weight excluding hydrogens is 372 g/mol. The Hall–Kier alpha value is -1.41. The summed E-state index contributed by atoms with van der Waals surface area (Å²) in [7, 11) is 0. The van der Waals surface area contributed by atoms with Gasteiger partial charge in [-0.3, -0.25) is 9.59 Å². The van der Waals surface area contributed by atoms with Gasteiger partial charge in [-0.15, -0.1) is 12.4 Å².